The van der Waals surface area contributed by atoms with E-state index in [1.807, 2.05) is 0 Å². The molecule has 8 heteroatoms. The highest BCUT2D eigenvalue weighted by Crippen LogP contribution is 2.32. The Morgan fingerprint density at radius 1 is 1.07 bits per heavy atom. The van der Waals surface area contributed by atoms with E-state index in [2.05, 4.69) is 4.74 Å². The first-order valence-electron chi connectivity index (χ1n) is 8.18. The normalized spacial score (nSPS) is 13.7. The number of hydrogen-bond acceptors (Lipinski definition) is 4. The Balaban J connectivity index is 1.88. The molecule has 0 bridgehead atoms. The highest BCUT2D eigenvalue weighted by molar-refractivity contribution is 6.07. The highest BCUT2D eigenvalue weighted by Gasteiger charge is 2.31. The quantitative estimate of drug-likeness (QED) is 0.758. The number of carbonyl (C=O) groups is 2. The molecule has 2 aromatic carbocycles. The van der Waals surface area contributed by atoms with Gasteiger partial charge in [0.2, 0.25) is 0 Å². The minimum absolute atomic E-state index is 0.223. The molecule has 0 fully saturated rings. The summed E-state index contributed by atoms with van der Waals surface area (Å²) in [5, 5.41) is 0. The van der Waals surface area contributed by atoms with Crippen LogP contribution in [0, 0.1) is 0 Å². The van der Waals surface area contributed by atoms with Gasteiger partial charge in [-0.05, 0) is 54.8 Å². The number of ether oxygens (including phenoxy) is 2. The van der Waals surface area contributed by atoms with Gasteiger partial charge in [0, 0.05) is 17.8 Å². The molecular weight excluding hydrogens is 363 g/mol. The van der Waals surface area contributed by atoms with Crippen molar-refractivity contribution in [1.29, 1.82) is 0 Å². The molecule has 27 heavy (non-hydrogen) atoms. The summed E-state index contributed by atoms with van der Waals surface area (Å²) in [5.41, 5.74) is 1.95. The van der Waals surface area contributed by atoms with Crippen molar-refractivity contribution in [2.24, 2.45) is 0 Å². The third-order valence-electron chi connectivity index (χ3n) is 4.24. The van der Waals surface area contributed by atoms with Crippen LogP contribution in [0.1, 0.15) is 32.7 Å². The van der Waals surface area contributed by atoms with Gasteiger partial charge in [0.25, 0.3) is 5.91 Å². The standard InChI is InChI=1S/C19H16F3NO4/c1-26-18(25)15-4-2-6-16-14(15)5-3-11-23(16)17(24)12-7-9-13(10-8-12)27-19(20,21)22/h2,4,6-10H,3,5,11H2,1H3. The summed E-state index contributed by atoms with van der Waals surface area (Å²) in [7, 11) is 1.29. The van der Waals surface area contributed by atoms with Crippen molar-refractivity contribution in [3.8, 4) is 5.75 Å². The average molecular weight is 379 g/mol. The summed E-state index contributed by atoms with van der Waals surface area (Å²) < 4.78 is 45.4. The smallest absolute Gasteiger partial charge is 0.465 e. The molecule has 2 aromatic rings. The monoisotopic (exact) mass is 379 g/mol. The number of alkyl halides is 3. The van der Waals surface area contributed by atoms with Gasteiger partial charge < -0.3 is 14.4 Å². The fourth-order valence-corrected chi connectivity index (χ4v) is 3.09. The number of halogens is 3. The van der Waals surface area contributed by atoms with Crippen molar-refractivity contribution in [3.05, 3.63) is 59.2 Å². The number of fused-ring (bicyclic) bond motifs is 1. The Morgan fingerprint density at radius 3 is 2.41 bits per heavy atom. The van der Waals surface area contributed by atoms with Crippen molar-refractivity contribution in [2.45, 2.75) is 19.2 Å². The lowest BCUT2D eigenvalue weighted by molar-refractivity contribution is -0.274. The minimum Gasteiger partial charge on any atom is -0.465 e. The van der Waals surface area contributed by atoms with Crippen LogP contribution in [0.2, 0.25) is 0 Å². The lowest BCUT2D eigenvalue weighted by Gasteiger charge is -2.30. The van der Waals surface area contributed by atoms with Crippen molar-refractivity contribution >= 4 is 17.6 Å². The summed E-state index contributed by atoms with van der Waals surface area (Å²) in [4.78, 5) is 26.3. The zero-order valence-electron chi connectivity index (χ0n) is 14.4. The van der Waals surface area contributed by atoms with Gasteiger partial charge in [0.15, 0.2) is 0 Å². The van der Waals surface area contributed by atoms with Gasteiger partial charge in [-0.15, -0.1) is 13.2 Å². The molecule has 5 nitrogen and oxygen atoms in total. The summed E-state index contributed by atoms with van der Waals surface area (Å²) in [6.07, 6.45) is -3.51. The molecular formula is C19H16F3NO4. The molecule has 0 unspecified atom stereocenters. The Labute approximate surface area is 153 Å². The first-order valence-corrected chi connectivity index (χ1v) is 8.18. The molecule has 3 rings (SSSR count). The van der Waals surface area contributed by atoms with Crippen molar-refractivity contribution in [1.82, 2.24) is 0 Å². The number of methoxy groups -OCH3 is 1. The van der Waals surface area contributed by atoms with Gasteiger partial charge in [-0.25, -0.2) is 4.79 Å². The summed E-state index contributed by atoms with van der Waals surface area (Å²) in [6, 6.07) is 9.79. The SMILES string of the molecule is COC(=O)c1cccc2c1CCCN2C(=O)c1ccc(OC(F)(F)F)cc1. The van der Waals surface area contributed by atoms with Gasteiger partial charge in [-0.1, -0.05) is 6.07 Å². The Kier molecular flexibility index (Phi) is 5.07. The van der Waals surface area contributed by atoms with E-state index in [0.717, 1.165) is 17.7 Å². The largest absolute Gasteiger partial charge is 0.573 e. The zero-order chi connectivity index (χ0) is 19.6. The van der Waals surface area contributed by atoms with Crippen molar-refractivity contribution in [3.63, 3.8) is 0 Å². The Hall–Kier alpha value is -3.03. The van der Waals surface area contributed by atoms with Gasteiger partial charge in [-0.2, -0.15) is 0 Å². The van der Waals surface area contributed by atoms with E-state index in [4.69, 9.17) is 4.74 Å². The van der Waals surface area contributed by atoms with E-state index in [1.54, 1.807) is 18.2 Å². The molecule has 0 aromatic heterocycles. The van der Waals surface area contributed by atoms with Crippen LogP contribution in [0.3, 0.4) is 0 Å². The number of carbonyl (C=O) groups excluding carboxylic acids is 2. The third kappa shape index (κ3) is 4.05. The molecule has 1 aliphatic rings. The number of rotatable bonds is 3. The fourth-order valence-electron chi connectivity index (χ4n) is 3.09. The topological polar surface area (TPSA) is 55.8 Å². The van der Waals surface area contributed by atoms with Crippen LogP contribution in [0.4, 0.5) is 18.9 Å². The maximum absolute atomic E-state index is 12.9. The number of anilines is 1. The van der Waals surface area contributed by atoms with Crippen LogP contribution >= 0.6 is 0 Å². The van der Waals surface area contributed by atoms with Crippen molar-refractivity contribution < 1.29 is 32.2 Å². The van der Waals surface area contributed by atoms with E-state index in [0.29, 0.717) is 30.6 Å². The van der Waals surface area contributed by atoms with Crippen LogP contribution < -0.4 is 9.64 Å². The summed E-state index contributed by atoms with van der Waals surface area (Å²) in [6.45, 7) is 0.442. The molecule has 1 heterocycles. The van der Waals surface area contributed by atoms with Crippen LogP contribution in [0.25, 0.3) is 0 Å². The second-order valence-corrected chi connectivity index (χ2v) is 5.93. The summed E-state index contributed by atoms with van der Waals surface area (Å²) in [5.74, 6) is -1.24. The van der Waals surface area contributed by atoms with Gasteiger partial charge in [-0.3, -0.25) is 4.79 Å². The molecule has 0 saturated carbocycles. The molecule has 142 valence electrons. The van der Waals surface area contributed by atoms with Crippen molar-refractivity contribution in [2.75, 3.05) is 18.6 Å². The number of benzene rings is 2. The first-order chi connectivity index (χ1) is 12.8. The molecule has 0 saturated heterocycles. The van der Waals surface area contributed by atoms with E-state index >= 15 is 0 Å². The van der Waals surface area contributed by atoms with Crippen LogP contribution in [-0.2, 0) is 11.2 Å². The van der Waals surface area contributed by atoms with Crippen LogP contribution in [0.15, 0.2) is 42.5 Å². The predicted molar refractivity (Wildman–Crippen MR) is 90.9 cm³/mol. The number of esters is 1. The number of hydrogen-bond donors (Lipinski definition) is 0. The molecule has 0 spiro atoms. The van der Waals surface area contributed by atoms with Crippen LogP contribution in [0.5, 0.6) is 5.75 Å². The van der Waals surface area contributed by atoms with E-state index in [-0.39, 0.29) is 11.5 Å². The Morgan fingerprint density at radius 2 is 1.78 bits per heavy atom. The van der Waals surface area contributed by atoms with E-state index in [9.17, 15) is 22.8 Å². The van der Waals surface area contributed by atoms with Crippen LogP contribution in [-0.4, -0.2) is 31.9 Å². The summed E-state index contributed by atoms with van der Waals surface area (Å²) >= 11 is 0. The van der Waals surface area contributed by atoms with Gasteiger partial charge in [0.05, 0.1) is 12.7 Å². The van der Waals surface area contributed by atoms with Gasteiger partial charge in [0.1, 0.15) is 5.75 Å². The lowest BCUT2D eigenvalue weighted by Crippen LogP contribution is -2.36. The fraction of sp³-hybridized carbons (Fsp3) is 0.263. The average Bonchev–Trinajstić information content (AvgIpc) is 2.65. The van der Waals surface area contributed by atoms with E-state index < -0.39 is 18.1 Å². The minimum atomic E-state index is -4.79. The second kappa shape index (κ2) is 7.30. The molecule has 0 aliphatic carbocycles. The molecule has 0 N–H and O–H groups in total. The molecule has 1 aliphatic heterocycles. The lowest BCUT2D eigenvalue weighted by atomic mass is 9.95. The number of nitrogens with zero attached hydrogens (tertiary/aromatic N) is 1. The molecule has 0 radical (unpaired) electrons. The predicted octanol–water partition coefficient (Wildman–Crippen LogP) is 3.96. The second-order valence-electron chi connectivity index (χ2n) is 5.93. The Bertz CT molecular complexity index is 862. The third-order valence-corrected chi connectivity index (χ3v) is 4.24. The van der Waals surface area contributed by atoms with Gasteiger partial charge >= 0.3 is 12.3 Å². The maximum Gasteiger partial charge on any atom is 0.573 e. The first kappa shape index (κ1) is 18.8. The number of amides is 1. The maximum atomic E-state index is 12.9. The molecule has 1 amide bonds. The van der Waals surface area contributed by atoms with E-state index in [1.165, 1.54) is 24.1 Å². The highest BCUT2D eigenvalue weighted by atomic mass is 19.4. The zero-order valence-corrected chi connectivity index (χ0v) is 14.4. The molecule has 0 atom stereocenters.